The second-order valence-corrected chi connectivity index (χ2v) is 4.84. The van der Waals surface area contributed by atoms with Crippen LogP contribution in [0, 0.1) is 0 Å². The summed E-state index contributed by atoms with van der Waals surface area (Å²) in [5, 5.41) is 0. The fourth-order valence-corrected chi connectivity index (χ4v) is 2.70. The molecule has 1 aliphatic carbocycles. The van der Waals surface area contributed by atoms with Crippen molar-refractivity contribution in [3.63, 3.8) is 0 Å². The monoisotopic (exact) mass is 272 g/mol. The van der Waals surface area contributed by atoms with Crippen molar-refractivity contribution >= 4 is 5.97 Å². The number of benzene rings is 1. The largest absolute Gasteiger partial charge is 0.497 e. The van der Waals surface area contributed by atoms with Gasteiger partial charge in [0.15, 0.2) is 0 Å². The number of methoxy groups -OCH3 is 2. The Kier molecular flexibility index (Phi) is 3.22. The van der Waals surface area contributed by atoms with Gasteiger partial charge in [-0.15, -0.1) is 0 Å². The van der Waals surface area contributed by atoms with E-state index >= 15 is 0 Å². The Balaban J connectivity index is 2.05. The minimum atomic E-state index is -0.289. The summed E-state index contributed by atoms with van der Waals surface area (Å²) in [4.78, 5) is 11.5. The Morgan fingerprint density at radius 2 is 2.05 bits per heavy atom. The van der Waals surface area contributed by atoms with Gasteiger partial charge in [0.2, 0.25) is 0 Å². The van der Waals surface area contributed by atoms with Crippen LogP contribution >= 0.6 is 0 Å². The van der Waals surface area contributed by atoms with Crippen LogP contribution in [0.5, 0.6) is 5.75 Å². The molecule has 0 unspecified atom stereocenters. The predicted molar refractivity (Wildman–Crippen MR) is 73.8 cm³/mol. The van der Waals surface area contributed by atoms with Crippen LogP contribution in [0.25, 0.3) is 11.1 Å². The van der Waals surface area contributed by atoms with Gasteiger partial charge in [-0.2, -0.15) is 0 Å². The third kappa shape index (κ3) is 2.07. The number of hydrogen-bond donors (Lipinski definition) is 0. The molecule has 4 nitrogen and oxygen atoms in total. The fraction of sp³-hybridized carbons (Fsp3) is 0.312. The topological polar surface area (TPSA) is 48.7 Å². The molecule has 2 aromatic rings. The van der Waals surface area contributed by atoms with Gasteiger partial charge in [-0.05, 0) is 41.7 Å². The van der Waals surface area contributed by atoms with Gasteiger partial charge in [-0.25, -0.2) is 0 Å². The van der Waals surface area contributed by atoms with Gasteiger partial charge in [-0.1, -0.05) is 6.07 Å². The van der Waals surface area contributed by atoms with Crippen LogP contribution in [0.15, 0.2) is 28.9 Å². The van der Waals surface area contributed by atoms with Crippen molar-refractivity contribution in [3.8, 4) is 16.9 Å². The van der Waals surface area contributed by atoms with Gasteiger partial charge >= 0.3 is 5.97 Å². The Hall–Kier alpha value is -2.23. The van der Waals surface area contributed by atoms with Crippen molar-refractivity contribution in [3.05, 3.63) is 41.3 Å². The van der Waals surface area contributed by atoms with Crippen LogP contribution in [-0.2, 0) is 28.8 Å². The lowest BCUT2D eigenvalue weighted by Crippen LogP contribution is -2.07. The van der Waals surface area contributed by atoms with E-state index in [1.807, 2.05) is 18.2 Å². The van der Waals surface area contributed by atoms with E-state index in [0.29, 0.717) is 5.76 Å². The highest BCUT2D eigenvalue weighted by atomic mass is 16.5. The molecule has 0 saturated carbocycles. The molecule has 1 aromatic heterocycles. The Bertz CT molecular complexity index is 654. The summed E-state index contributed by atoms with van der Waals surface area (Å²) in [6.45, 7) is 0. The molecule has 0 spiro atoms. The average Bonchev–Trinajstić information content (AvgIpc) is 2.89. The quantitative estimate of drug-likeness (QED) is 0.806. The lowest BCUT2D eigenvalue weighted by Gasteiger charge is -2.17. The minimum Gasteiger partial charge on any atom is -0.497 e. The molecule has 1 aliphatic rings. The first-order valence-electron chi connectivity index (χ1n) is 6.56. The number of furan rings is 1. The molecule has 0 fully saturated rings. The average molecular weight is 272 g/mol. The zero-order chi connectivity index (χ0) is 14.1. The molecular weight excluding hydrogens is 256 g/mol. The summed E-state index contributed by atoms with van der Waals surface area (Å²) in [5.74, 6) is 1.24. The lowest BCUT2D eigenvalue weighted by molar-refractivity contribution is -0.140. The van der Waals surface area contributed by atoms with E-state index in [0.717, 1.165) is 35.3 Å². The number of fused-ring (bicyclic) bond motifs is 3. The van der Waals surface area contributed by atoms with Gasteiger partial charge in [0.1, 0.15) is 17.9 Å². The van der Waals surface area contributed by atoms with Gasteiger partial charge in [0.25, 0.3) is 0 Å². The number of carbonyl (C=O) groups is 1. The van der Waals surface area contributed by atoms with Crippen LogP contribution in [-0.4, -0.2) is 20.2 Å². The van der Waals surface area contributed by atoms with E-state index in [1.54, 1.807) is 13.4 Å². The first-order chi connectivity index (χ1) is 9.72. The molecule has 3 rings (SSSR count). The van der Waals surface area contributed by atoms with Crippen LogP contribution in [0.4, 0.5) is 0 Å². The number of aryl methyl sites for hydroxylation is 2. The van der Waals surface area contributed by atoms with E-state index in [4.69, 9.17) is 13.9 Å². The highest BCUT2D eigenvalue weighted by Crippen LogP contribution is 2.39. The molecule has 0 bridgehead atoms. The summed E-state index contributed by atoms with van der Waals surface area (Å²) in [6, 6.07) is 6.01. The Morgan fingerprint density at radius 3 is 2.80 bits per heavy atom. The van der Waals surface area contributed by atoms with Crippen molar-refractivity contribution in [2.24, 2.45) is 0 Å². The van der Waals surface area contributed by atoms with Crippen LogP contribution in [0.1, 0.15) is 16.9 Å². The van der Waals surface area contributed by atoms with Gasteiger partial charge in [0.05, 0.1) is 20.5 Å². The van der Waals surface area contributed by atoms with E-state index in [1.165, 1.54) is 12.7 Å². The van der Waals surface area contributed by atoms with Gasteiger partial charge < -0.3 is 13.9 Å². The van der Waals surface area contributed by atoms with Crippen molar-refractivity contribution in [2.75, 3.05) is 14.2 Å². The third-order valence-electron chi connectivity index (χ3n) is 3.72. The maximum Gasteiger partial charge on any atom is 0.313 e. The smallest absolute Gasteiger partial charge is 0.313 e. The second kappa shape index (κ2) is 5.04. The highest BCUT2D eigenvalue weighted by molar-refractivity contribution is 5.80. The Labute approximate surface area is 117 Å². The van der Waals surface area contributed by atoms with Crippen molar-refractivity contribution in [1.29, 1.82) is 0 Å². The molecule has 0 N–H and O–H groups in total. The molecule has 104 valence electrons. The summed E-state index contributed by atoms with van der Waals surface area (Å²) < 4.78 is 15.6. The van der Waals surface area contributed by atoms with Crippen molar-refractivity contribution in [2.45, 2.75) is 19.3 Å². The molecule has 0 atom stereocenters. The number of ether oxygens (including phenoxy) is 2. The van der Waals surface area contributed by atoms with E-state index < -0.39 is 0 Å². The van der Waals surface area contributed by atoms with E-state index in [2.05, 4.69) is 0 Å². The zero-order valence-corrected chi connectivity index (χ0v) is 11.6. The summed E-state index contributed by atoms with van der Waals surface area (Å²) in [6.07, 6.45) is 3.79. The Morgan fingerprint density at radius 1 is 1.25 bits per heavy atom. The molecule has 4 heteroatoms. The normalized spacial score (nSPS) is 12.5. The number of rotatable bonds is 3. The highest BCUT2D eigenvalue weighted by Gasteiger charge is 2.24. The first-order valence-corrected chi connectivity index (χ1v) is 6.56. The van der Waals surface area contributed by atoms with E-state index in [-0.39, 0.29) is 12.4 Å². The predicted octanol–water partition coefficient (Wildman–Crippen LogP) is 2.77. The number of hydrogen-bond acceptors (Lipinski definition) is 4. The number of carbonyl (C=O) groups excluding carboxylic acids is 1. The standard InChI is InChI=1S/C16H16O4/c1-18-12-5-6-13-10(7-12)3-4-11-9-20-14(16(11)13)8-15(17)19-2/h5-7,9H,3-4,8H2,1-2H3. The summed E-state index contributed by atoms with van der Waals surface area (Å²) >= 11 is 0. The maximum atomic E-state index is 11.5. The molecule has 20 heavy (non-hydrogen) atoms. The summed E-state index contributed by atoms with van der Waals surface area (Å²) in [7, 11) is 3.05. The fourth-order valence-electron chi connectivity index (χ4n) is 2.70. The second-order valence-electron chi connectivity index (χ2n) is 4.84. The lowest BCUT2D eigenvalue weighted by atomic mass is 9.86. The number of esters is 1. The summed E-state index contributed by atoms with van der Waals surface area (Å²) in [5.41, 5.74) is 4.55. The van der Waals surface area contributed by atoms with Gasteiger partial charge in [-0.3, -0.25) is 4.79 Å². The molecule has 0 amide bonds. The van der Waals surface area contributed by atoms with Crippen molar-refractivity contribution < 1.29 is 18.7 Å². The molecule has 0 saturated heterocycles. The van der Waals surface area contributed by atoms with Crippen LogP contribution in [0.2, 0.25) is 0 Å². The molecule has 0 radical (unpaired) electrons. The van der Waals surface area contributed by atoms with Crippen LogP contribution < -0.4 is 4.74 Å². The SMILES string of the molecule is COC(=O)Cc1occ2c1-c1ccc(OC)cc1CC2. The van der Waals surface area contributed by atoms with Crippen molar-refractivity contribution in [1.82, 2.24) is 0 Å². The van der Waals surface area contributed by atoms with E-state index in [9.17, 15) is 4.79 Å². The maximum absolute atomic E-state index is 11.5. The third-order valence-corrected chi connectivity index (χ3v) is 3.72. The molecular formula is C16H16O4. The van der Waals surface area contributed by atoms with Gasteiger partial charge in [0, 0.05) is 5.56 Å². The first kappa shape index (κ1) is 12.8. The minimum absolute atomic E-state index is 0.164. The molecule has 1 heterocycles. The van der Waals surface area contributed by atoms with Crippen LogP contribution in [0.3, 0.4) is 0 Å². The molecule has 0 aliphatic heterocycles. The molecule has 1 aromatic carbocycles. The zero-order valence-electron chi connectivity index (χ0n) is 11.6.